The van der Waals surface area contributed by atoms with Crippen LogP contribution >= 0.6 is 12.4 Å². The largest absolute Gasteiger partial charge is 0.329 e. The van der Waals surface area contributed by atoms with Crippen molar-refractivity contribution in [2.75, 3.05) is 26.2 Å². The van der Waals surface area contributed by atoms with Crippen LogP contribution in [0.5, 0.6) is 0 Å². The van der Waals surface area contributed by atoms with Gasteiger partial charge in [-0.15, -0.1) is 12.4 Å². The number of nitrogens with two attached hydrogens (primary N) is 1. The van der Waals surface area contributed by atoms with Crippen molar-refractivity contribution < 1.29 is 0 Å². The van der Waals surface area contributed by atoms with Gasteiger partial charge in [-0.2, -0.15) is 0 Å². The molecule has 3 heteroatoms. The zero-order chi connectivity index (χ0) is 10.9. The first-order valence-corrected chi connectivity index (χ1v) is 5.83. The van der Waals surface area contributed by atoms with Gasteiger partial charge in [0.05, 0.1) is 0 Å². The Balaban J connectivity index is 0.00000225. The van der Waals surface area contributed by atoms with Crippen LogP contribution in [0.1, 0.15) is 18.9 Å². The summed E-state index contributed by atoms with van der Waals surface area (Å²) in [4.78, 5) is 2.44. The van der Waals surface area contributed by atoms with Crippen LogP contribution in [0.3, 0.4) is 0 Å². The van der Waals surface area contributed by atoms with Gasteiger partial charge in [-0.25, -0.2) is 0 Å². The predicted molar refractivity (Wildman–Crippen MR) is 73.2 cm³/mol. The first-order valence-electron chi connectivity index (χ1n) is 5.83. The quantitative estimate of drug-likeness (QED) is 0.795. The lowest BCUT2D eigenvalue weighted by Crippen LogP contribution is -2.32. The molecule has 0 aliphatic rings. The number of benzene rings is 1. The van der Waals surface area contributed by atoms with E-state index in [-0.39, 0.29) is 12.4 Å². The zero-order valence-corrected chi connectivity index (χ0v) is 10.9. The van der Waals surface area contributed by atoms with E-state index >= 15 is 0 Å². The first-order chi connectivity index (χ1) is 7.36. The summed E-state index contributed by atoms with van der Waals surface area (Å²) in [6, 6.07) is 10.6. The lowest BCUT2D eigenvalue weighted by molar-refractivity contribution is 0.285. The Bertz CT molecular complexity index is 245. The molecule has 0 amide bonds. The molecule has 0 radical (unpaired) electrons. The van der Waals surface area contributed by atoms with Crippen molar-refractivity contribution in [1.82, 2.24) is 4.90 Å². The number of rotatable bonds is 7. The summed E-state index contributed by atoms with van der Waals surface area (Å²) in [7, 11) is 0. The average molecular weight is 243 g/mol. The molecule has 0 aliphatic heterocycles. The minimum absolute atomic E-state index is 0. The highest BCUT2D eigenvalue weighted by Crippen LogP contribution is 2.01. The number of nitrogens with zero attached hydrogens (tertiary/aromatic N) is 1. The maximum absolute atomic E-state index is 5.59. The monoisotopic (exact) mass is 242 g/mol. The summed E-state index contributed by atoms with van der Waals surface area (Å²) in [6.07, 6.45) is 2.33. The van der Waals surface area contributed by atoms with Crippen molar-refractivity contribution in [2.24, 2.45) is 5.73 Å². The third-order valence-corrected chi connectivity index (χ3v) is 2.54. The van der Waals surface area contributed by atoms with Crippen molar-refractivity contribution in [3.8, 4) is 0 Å². The van der Waals surface area contributed by atoms with Crippen LogP contribution in [0, 0.1) is 0 Å². The molecule has 16 heavy (non-hydrogen) atoms. The molecule has 0 saturated carbocycles. The lowest BCUT2D eigenvalue weighted by atomic mass is 10.1. The minimum atomic E-state index is 0. The summed E-state index contributed by atoms with van der Waals surface area (Å²) in [5.41, 5.74) is 7.00. The van der Waals surface area contributed by atoms with Crippen LogP contribution in [-0.4, -0.2) is 31.1 Å². The molecule has 0 aliphatic carbocycles. The van der Waals surface area contributed by atoms with E-state index in [4.69, 9.17) is 5.73 Å². The Morgan fingerprint density at radius 3 is 2.31 bits per heavy atom. The van der Waals surface area contributed by atoms with Crippen molar-refractivity contribution in [2.45, 2.75) is 19.8 Å². The number of hydrogen-bond acceptors (Lipinski definition) is 2. The third-order valence-electron chi connectivity index (χ3n) is 2.54. The van der Waals surface area contributed by atoms with Gasteiger partial charge in [0.25, 0.3) is 0 Å². The topological polar surface area (TPSA) is 29.3 Å². The normalized spacial score (nSPS) is 10.2. The van der Waals surface area contributed by atoms with Crippen molar-refractivity contribution in [3.63, 3.8) is 0 Å². The number of halogens is 1. The van der Waals surface area contributed by atoms with E-state index in [1.165, 1.54) is 12.0 Å². The predicted octanol–water partition coefficient (Wildman–Crippen LogP) is 2.32. The van der Waals surface area contributed by atoms with Gasteiger partial charge in [0.2, 0.25) is 0 Å². The second-order valence-electron chi connectivity index (χ2n) is 3.87. The van der Waals surface area contributed by atoms with Crippen molar-refractivity contribution in [1.29, 1.82) is 0 Å². The van der Waals surface area contributed by atoms with Gasteiger partial charge in [0.1, 0.15) is 0 Å². The lowest BCUT2D eigenvalue weighted by Gasteiger charge is -2.20. The first kappa shape index (κ1) is 15.4. The van der Waals surface area contributed by atoms with Crippen LogP contribution in [0.15, 0.2) is 30.3 Å². The summed E-state index contributed by atoms with van der Waals surface area (Å²) in [5, 5.41) is 0. The maximum Gasteiger partial charge on any atom is 0.0105 e. The third kappa shape index (κ3) is 6.11. The fourth-order valence-electron chi connectivity index (χ4n) is 1.77. The van der Waals surface area contributed by atoms with E-state index < -0.39 is 0 Å². The molecule has 2 nitrogen and oxygen atoms in total. The van der Waals surface area contributed by atoms with E-state index in [1.807, 2.05) is 0 Å². The average Bonchev–Trinajstić information content (AvgIpc) is 2.28. The van der Waals surface area contributed by atoms with E-state index in [0.29, 0.717) is 0 Å². The Morgan fingerprint density at radius 1 is 1.06 bits per heavy atom. The Labute approximate surface area is 105 Å². The second kappa shape index (κ2) is 9.64. The molecule has 1 rings (SSSR count). The van der Waals surface area contributed by atoms with Gasteiger partial charge in [0, 0.05) is 19.6 Å². The molecular weight excluding hydrogens is 220 g/mol. The fraction of sp³-hybridized carbons (Fsp3) is 0.538. The van der Waals surface area contributed by atoms with E-state index in [1.54, 1.807) is 0 Å². The minimum Gasteiger partial charge on any atom is -0.329 e. The standard InChI is InChI=1S/C13H22N2.ClH/c1-2-10-15(12-9-14)11-8-13-6-4-3-5-7-13;/h3-7H,2,8-12,14H2,1H3;1H. The SMILES string of the molecule is CCCN(CCN)CCc1ccccc1.Cl. The van der Waals surface area contributed by atoms with Crippen molar-refractivity contribution >= 4 is 12.4 Å². The highest BCUT2D eigenvalue weighted by Gasteiger charge is 2.02. The summed E-state index contributed by atoms with van der Waals surface area (Å²) in [5.74, 6) is 0. The molecule has 0 fully saturated rings. The van der Waals surface area contributed by atoms with Gasteiger partial charge in [0.15, 0.2) is 0 Å². The molecule has 0 unspecified atom stereocenters. The van der Waals surface area contributed by atoms with Crippen molar-refractivity contribution in [3.05, 3.63) is 35.9 Å². The van der Waals surface area contributed by atoms with Crippen LogP contribution in [0.4, 0.5) is 0 Å². The molecule has 0 atom stereocenters. The summed E-state index contributed by atoms with van der Waals surface area (Å²) < 4.78 is 0. The van der Waals surface area contributed by atoms with Gasteiger partial charge >= 0.3 is 0 Å². The molecule has 1 aromatic rings. The Hall–Kier alpha value is -0.570. The molecule has 0 heterocycles. The second-order valence-corrected chi connectivity index (χ2v) is 3.87. The fourth-order valence-corrected chi connectivity index (χ4v) is 1.77. The van der Waals surface area contributed by atoms with Gasteiger partial charge in [-0.1, -0.05) is 37.3 Å². The van der Waals surface area contributed by atoms with Gasteiger partial charge in [-0.05, 0) is 24.9 Å². The highest BCUT2D eigenvalue weighted by molar-refractivity contribution is 5.85. The van der Waals surface area contributed by atoms with Crippen LogP contribution < -0.4 is 5.73 Å². The zero-order valence-electron chi connectivity index (χ0n) is 10.1. The molecule has 92 valence electrons. The molecule has 0 bridgehead atoms. The highest BCUT2D eigenvalue weighted by atomic mass is 35.5. The Morgan fingerprint density at radius 2 is 1.75 bits per heavy atom. The summed E-state index contributed by atoms with van der Waals surface area (Å²) in [6.45, 7) is 6.26. The summed E-state index contributed by atoms with van der Waals surface area (Å²) >= 11 is 0. The van der Waals surface area contributed by atoms with E-state index in [9.17, 15) is 0 Å². The number of hydrogen-bond donors (Lipinski definition) is 1. The molecule has 2 N–H and O–H groups in total. The molecule has 0 aromatic heterocycles. The van der Waals surface area contributed by atoms with Crippen LogP contribution in [0.2, 0.25) is 0 Å². The van der Waals surface area contributed by atoms with Gasteiger partial charge < -0.3 is 10.6 Å². The smallest absolute Gasteiger partial charge is 0.0105 e. The van der Waals surface area contributed by atoms with E-state index in [0.717, 1.165) is 32.6 Å². The van der Waals surface area contributed by atoms with Crippen LogP contribution in [0.25, 0.3) is 0 Å². The van der Waals surface area contributed by atoms with Gasteiger partial charge in [-0.3, -0.25) is 0 Å². The molecule has 0 saturated heterocycles. The Kier molecular flexibility index (Phi) is 9.30. The molecule has 1 aromatic carbocycles. The molecular formula is C13H23ClN2. The van der Waals surface area contributed by atoms with Crippen LogP contribution in [-0.2, 0) is 6.42 Å². The van der Waals surface area contributed by atoms with E-state index in [2.05, 4.69) is 42.2 Å². The molecule has 0 spiro atoms. The maximum atomic E-state index is 5.59.